The molecule has 10 heteroatoms. The first-order valence-corrected chi connectivity index (χ1v) is 14.4. The molecule has 0 N–H and O–H groups in total. The van der Waals surface area contributed by atoms with Crippen molar-refractivity contribution < 1.29 is 17.2 Å². The van der Waals surface area contributed by atoms with E-state index in [0.717, 1.165) is 29.8 Å². The second-order valence-corrected chi connectivity index (χ2v) is 12.9. The average Bonchev–Trinajstić information content (AvgIpc) is 3.24. The number of pyridine rings is 1. The van der Waals surface area contributed by atoms with Gasteiger partial charge in [0.15, 0.2) is 15.7 Å². The third-order valence-electron chi connectivity index (χ3n) is 8.19. The lowest BCUT2D eigenvalue weighted by Crippen LogP contribution is -2.38. The van der Waals surface area contributed by atoms with E-state index in [0.29, 0.717) is 17.1 Å². The Hall–Kier alpha value is -3.66. The predicted molar refractivity (Wildman–Crippen MR) is 138 cm³/mol. The van der Waals surface area contributed by atoms with Crippen LogP contribution in [0.2, 0.25) is 0 Å². The van der Waals surface area contributed by atoms with E-state index in [1.54, 1.807) is 30.6 Å². The number of hydrogen-bond donors (Lipinski definition) is 0. The second kappa shape index (κ2) is 8.42. The van der Waals surface area contributed by atoms with Crippen molar-refractivity contribution in [3.63, 3.8) is 0 Å². The average molecular weight is 534 g/mol. The van der Waals surface area contributed by atoms with Gasteiger partial charge in [0, 0.05) is 24.2 Å². The lowest BCUT2D eigenvalue weighted by atomic mass is 9.66. The first kappa shape index (κ1) is 24.7. The van der Waals surface area contributed by atoms with Crippen LogP contribution >= 0.6 is 0 Å². The minimum absolute atomic E-state index is 0.122. The molecule has 3 heterocycles. The van der Waals surface area contributed by atoms with Gasteiger partial charge in [0.2, 0.25) is 0 Å². The summed E-state index contributed by atoms with van der Waals surface area (Å²) >= 11 is 0. The van der Waals surface area contributed by atoms with Gasteiger partial charge in [-0.25, -0.2) is 27.2 Å². The molecule has 2 aliphatic rings. The Balaban J connectivity index is 1.43. The molecule has 0 unspecified atom stereocenters. The molecule has 1 fully saturated rings. The summed E-state index contributed by atoms with van der Waals surface area (Å²) < 4.78 is 52.2. The van der Waals surface area contributed by atoms with Crippen molar-refractivity contribution in [2.45, 2.75) is 43.8 Å². The second-order valence-electron chi connectivity index (χ2n) is 10.7. The van der Waals surface area contributed by atoms with E-state index in [2.05, 4.69) is 34.0 Å². The summed E-state index contributed by atoms with van der Waals surface area (Å²) in [4.78, 5) is 13.7. The summed E-state index contributed by atoms with van der Waals surface area (Å²) in [6, 6.07) is 10.9. The predicted octanol–water partition coefficient (Wildman–Crippen LogP) is 5.02. The molecule has 0 amide bonds. The van der Waals surface area contributed by atoms with E-state index in [9.17, 15) is 17.2 Å². The van der Waals surface area contributed by atoms with Crippen LogP contribution in [-0.2, 0) is 21.0 Å². The van der Waals surface area contributed by atoms with Gasteiger partial charge in [-0.15, -0.1) is 5.10 Å². The van der Waals surface area contributed by atoms with E-state index in [-0.39, 0.29) is 28.3 Å². The van der Waals surface area contributed by atoms with Gasteiger partial charge in [-0.1, -0.05) is 19.9 Å². The van der Waals surface area contributed by atoms with Gasteiger partial charge in [0.05, 0.1) is 39.5 Å². The third-order valence-corrected chi connectivity index (χ3v) is 9.01. The fourth-order valence-electron chi connectivity index (χ4n) is 6.40. The molecule has 2 bridgehead atoms. The summed E-state index contributed by atoms with van der Waals surface area (Å²) in [7, 11) is -3.19. The summed E-state index contributed by atoms with van der Waals surface area (Å²) in [5, 5.41) is 8.86. The topological polar surface area (TPSA) is 98.6 Å². The first-order valence-electron chi connectivity index (χ1n) is 12.3. The lowest BCUT2D eigenvalue weighted by Gasteiger charge is -2.37. The Labute approximate surface area is 219 Å². The molecular formula is C28H25F2N5O2S. The van der Waals surface area contributed by atoms with Gasteiger partial charge in [-0.2, -0.15) is 5.10 Å². The van der Waals surface area contributed by atoms with E-state index < -0.39 is 26.9 Å². The molecule has 4 aromatic rings. The Morgan fingerprint density at radius 2 is 1.79 bits per heavy atom. The van der Waals surface area contributed by atoms with Gasteiger partial charge in [0.1, 0.15) is 11.6 Å². The van der Waals surface area contributed by atoms with Crippen molar-refractivity contribution in [1.82, 2.24) is 25.1 Å². The Kier molecular flexibility index (Phi) is 5.47. The number of benzene rings is 1. The smallest absolute Gasteiger partial charge is 0.160 e. The number of aromatic nitrogens is 5. The van der Waals surface area contributed by atoms with Crippen molar-refractivity contribution in [1.29, 1.82) is 0 Å². The molecule has 194 valence electrons. The zero-order chi connectivity index (χ0) is 26.9. The van der Waals surface area contributed by atoms with Gasteiger partial charge in [-0.3, -0.25) is 4.98 Å². The summed E-state index contributed by atoms with van der Waals surface area (Å²) in [6.07, 6.45) is 6.14. The highest BCUT2D eigenvalue weighted by Gasteiger charge is 2.65. The van der Waals surface area contributed by atoms with E-state index >= 15 is 0 Å². The van der Waals surface area contributed by atoms with Crippen LogP contribution in [0.5, 0.6) is 0 Å². The van der Waals surface area contributed by atoms with E-state index in [4.69, 9.17) is 4.98 Å². The van der Waals surface area contributed by atoms with Gasteiger partial charge >= 0.3 is 0 Å². The van der Waals surface area contributed by atoms with Crippen molar-refractivity contribution in [2.24, 2.45) is 5.41 Å². The monoisotopic (exact) mass is 533 g/mol. The fraction of sp³-hybridized carbons (Fsp3) is 0.321. The van der Waals surface area contributed by atoms with Crippen molar-refractivity contribution in [3.8, 4) is 22.6 Å². The SMILES string of the molecule is CC1(C)[C@H]2CC[C@]1(c1ccnc(-c3ccc(CS(C)(=O)=O)nc3)n1)c1nnc(-c3c(F)cccc3F)cc12. The molecular weight excluding hydrogens is 508 g/mol. The maximum Gasteiger partial charge on any atom is 0.160 e. The number of halogens is 2. The number of nitrogens with zero attached hydrogens (tertiary/aromatic N) is 5. The molecule has 2 aliphatic carbocycles. The number of fused-ring (bicyclic) bond motifs is 5. The summed E-state index contributed by atoms with van der Waals surface area (Å²) in [6.45, 7) is 4.36. The normalized spacial score (nSPS) is 21.4. The van der Waals surface area contributed by atoms with Crippen molar-refractivity contribution in [2.75, 3.05) is 6.26 Å². The van der Waals surface area contributed by atoms with Crippen molar-refractivity contribution >= 4 is 9.84 Å². The third kappa shape index (κ3) is 3.65. The maximum absolute atomic E-state index is 14.5. The van der Waals surface area contributed by atoms with Gasteiger partial charge in [-0.05, 0) is 66.1 Å². The van der Waals surface area contributed by atoms with Crippen LogP contribution in [0.25, 0.3) is 22.6 Å². The van der Waals surface area contributed by atoms with Crippen LogP contribution < -0.4 is 0 Å². The van der Waals surface area contributed by atoms with Crippen LogP contribution in [0.1, 0.15) is 55.3 Å². The molecule has 6 rings (SSSR count). The van der Waals surface area contributed by atoms with Gasteiger partial charge in [0.25, 0.3) is 0 Å². The fourth-order valence-corrected chi connectivity index (χ4v) is 7.11. The molecule has 0 aliphatic heterocycles. The molecule has 0 radical (unpaired) electrons. The van der Waals surface area contributed by atoms with Crippen LogP contribution in [0.15, 0.2) is 54.9 Å². The number of hydrogen-bond acceptors (Lipinski definition) is 7. The van der Waals surface area contributed by atoms with Gasteiger partial charge < -0.3 is 0 Å². The van der Waals surface area contributed by atoms with Crippen LogP contribution in [0.3, 0.4) is 0 Å². The standard InChI is InChI=1S/C28H25F2N5O2S/c1-27(2)19-9-11-28(27,25-18(19)13-22(34-35-25)24-20(29)5-4-6-21(24)30)23-10-12-31-26(33-23)16-7-8-17(32-14-16)15-38(3,36)37/h4-8,10,12-14,19H,9,11,15H2,1-3H3/t19-,28-/m0/s1. The Morgan fingerprint density at radius 3 is 2.47 bits per heavy atom. The minimum Gasteiger partial charge on any atom is -0.259 e. The first-order chi connectivity index (χ1) is 18.0. The molecule has 0 saturated heterocycles. The van der Waals surface area contributed by atoms with Crippen LogP contribution in [0.4, 0.5) is 8.78 Å². The lowest BCUT2D eigenvalue weighted by molar-refractivity contribution is 0.243. The molecule has 38 heavy (non-hydrogen) atoms. The minimum atomic E-state index is -3.19. The largest absolute Gasteiger partial charge is 0.259 e. The molecule has 3 aromatic heterocycles. The highest BCUT2D eigenvalue weighted by Crippen LogP contribution is 2.69. The molecule has 2 atom stereocenters. The van der Waals surface area contributed by atoms with Crippen molar-refractivity contribution in [3.05, 3.63) is 89.1 Å². The molecule has 1 saturated carbocycles. The van der Waals surface area contributed by atoms with E-state index in [1.807, 2.05) is 6.07 Å². The Morgan fingerprint density at radius 1 is 1.03 bits per heavy atom. The number of sulfone groups is 1. The molecule has 7 nitrogen and oxygen atoms in total. The Bertz CT molecular complexity index is 1670. The highest BCUT2D eigenvalue weighted by molar-refractivity contribution is 7.89. The molecule has 0 spiro atoms. The van der Waals surface area contributed by atoms with Crippen LogP contribution in [0, 0.1) is 17.0 Å². The highest BCUT2D eigenvalue weighted by atomic mass is 32.2. The zero-order valence-electron chi connectivity index (χ0n) is 21.1. The van der Waals surface area contributed by atoms with E-state index in [1.165, 1.54) is 24.5 Å². The maximum atomic E-state index is 14.5. The zero-order valence-corrected chi connectivity index (χ0v) is 21.9. The number of rotatable bonds is 5. The summed E-state index contributed by atoms with van der Waals surface area (Å²) in [5.74, 6) is -0.889. The molecule has 1 aromatic carbocycles. The summed E-state index contributed by atoms with van der Waals surface area (Å²) in [5.41, 5.74) is 2.83. The quantitative estimate of drug-likeness (QED) is 0.355. The van der Waals surface area contributed by atoms with Crippen LogP contribution in [-0.4, -0.2) is 39.8 Å².